The Morgan fingerprint density at radius 2 is 2.06 bits per heavy atom. The zero-order valence-corrected chi connectivity index (χ0v) is 20.6. The third-order valence-corrected chi connectivity index (χ3v) is 8.36. The predicted molar refractivity (Wildman–Crippen MR) is 132 cm³/mol. The van der Waals surface area contributed by atoms with Crippen LogP contribution in [0.2, 0.25) is 0 Å². The van der Waals surface area contributed by atoms with E-state index < -0.39 is 0 Å². The summed E-state index contributed by atoms with van der Waals surface area (Å²) in [5.74, 6) is 1.56. The van der Waals surface area contributed by atoms with Crippen molar-refractivity contribution in [3.05, 3.63) is 52.3 Å². The standard InChI is InChI=1S/C26H37N3OS/c1-6-28-13-12-26(19-10-9-11-21(14-19)30-5)16-23-22(15-20(26)17-28)18(4)24(27-23)25(31)29(7-2)8-3/h9-11,14,20,27H,6-8,12-13,15-17H2,1-5H3. The van der Waals surface area contributed by atoms with Crippen LogP contribution in [0.3, 0.4) is 0 Å². The number of H-pyrrole nitrogens is 1. The largest absolute Gasteiger partial charge is 0.497 e. The Bertz CT molecular complexity index is 948. The number of piperidine rings is 1. The molecule has 1 aromatic heterocycles. The Labute approximate surface area is 193 Å². The summed E-state index contributed by atoms with van der Waals surface area (Å²) in [6, 6.07) is 8.81. The molecule has 1 saturated heterocycles. The van der Waals surface area contributed by atoms with E-state index in [4.69, 9.17) is 17.0 Å². The van der Waals surface area contributed by atoms with Crippen LogP contribution in [-0.4, -0.2) is 59.6 Å². The second kappa shape index (κ2) is 8.95. The number of benzene rings is 1. The number of nitrogens with zero attached hydrogens (tertiary/aromatic N) is 2. The zero-order valence-electron chi connectivity index (χ0n) is 19.8. The van der Waals surface area contributed by atoms with Crippen LogP contribution in [0.25, 0.3) is 0 Å². The Hall–Kier alpha value is -1.85. The van der Waals surface area contributed by atoms with E-state index in [1.165, 1.54) is 28.8 Å². The fourth-order valence-corrected chi connectivity index (χ4v) is 6.37. The molecule has 0 bridgehead atoms. The summed E-state index contributed by atoms with van der Waals surface area (Å²) in [6.07, 6.45) is 3.36. The lowest BCUT2D eigenvalue weighted by atomic mass is 9.58. The van der Waals surface area contributed by atoms with Crippen molar-refractivity contribution in [3.63, 3.8) is 0 Å². The van der Waals surface area contributed by atoms with Crippen LogP contribution in [0.4, 0.5) is 0 Å². The first kappa shape index (κ1) is 22.3. The summed E-state index contributed by atoms with van der Waals surface area (Å²) < 4.78 is 5.60. The molecule has 1 fully saturated rings. The first-order chi connectivity index (χ1) is 15.0. The lowest BCUT2D eigenvalue weighted by Crippen LogP contribution is -2.53. The number of methoxy groups -OCH3 is 1. The Morgan fingerprint density at radius 1 is 1.29 bits per heavy atom. The van der Waals surface area contributed by atoms with Gasteiger partial charge >= 0.3 is 0 Å². The van der Waals surface area contributed by atoms with Crippen LogP contribution in [-0.2, 0) is 18.3 Å². The van der Waals surface area contributed by atoms with E-state index in [9.17, 15) is 0 Å². The third-order valence-electron chi connectivity index (χ3n) is 7.90. The van der Waals surface area contributed by atoms with Gasteiger partial charge in [-0.2, -0.15) is 0 Å². The number of nitrogens with one attached hydrogen (secondary N) is 1. The summed E-state index contributed by atoms with van der Waals surface area (Å²) >= 11 is 5.91. The molecule has 0 saturated carbocycles. The SMILES string of the molecule is CCN1CCC2(c3cccc(OC)c3)Cc3[nH]c(C(=S)N(CC)CC)c(C)c3CC2C1. The minimum absolute atomic E-state index is 0.151. The fourth-order valence-electron chi connectivity index (χ4n) is 5.90. The summed E-state index contributed by atoms with van der Waals surface area (Å²) in [4.78, 5) is 9.67. The molecule has 4 nitrogen and oxygen atoms in total. The zero-order chi connectivity index (χ0) is 22.2. The maximum absolute atomic E-state index is 5.91. The highest BCUT2D eigenvalue weighted by atomic mass is 32.1. The maximum atomic E-state index is 5.91. The molecule has 0 amide bonds. The number of rotatable bonds is 6. The summed E-state index contributed by atoms with van der Waals surface area (Å²) in [5, 5.41) is 0. The molecule has 168 valence electrons. The minimum Gasteiger partial charge on any atom is -0.497 e. The van der Waals surface area contributed by atoms with Gasteiger partial charge in [-0.25, -0.2) is 0 Å². The van der Waals surface area contributed by atoms with E-state index in [-0.39, 0.29) is 5.41 Å². The highest BCUT2D eigenvalue weighted by Gasteiger charge is 2.48. The van der Waals surface area contributed by atoms with Gasteiger partial charge in [0.25, 0.3) is 0 Å². The Balaban J connectivity index is 1.77. The average Bonchev–Trinajstić information content (AvgIpc) is 3.12. The molecule has 1 aliphatic heterocycles. The molecule has 2 aliphatic rings. The highest BCUT2D eigenvalue weighted by Crippen LogP contribution is 2.49. The number of hydrogen-bond acceptors (Lipinski definition) is 3. The number of aromatic nitrogens is 1. The van der Waals surface area contributed by atoms with E-state index in [1.807, 2.05) is 0 Å². The summed E-state index contributed by atoms with van der Waals surface area (Å²) in [7, 11) is 1.77. The van der Waals surface area contributed by atoms with Gasteiger partial charge in [-0.3, -0.25) is 0 Å². The van der Waals surface area contributed by atoms with Gasteiger partial charge < -0.3 is 19.5 Å². The molecule has 0 radical (unpaired) electrons. The first-order valence-electron chi connectivity index (χ1n) is 11.8. The minimum atomic E-state index is 0.151. The van der Waals surface area contributed by atoms with Gasteiger partial charge in [-0.15, -0.1) is 0 Å². The van der Waals surface area contributed by atoms with Crippen molar-refractivity contribution in [1.82, 2.24) is 14.8 Å². The number of thiocarbonyl (C=S) groups is 1. The van der Waals surface area contributed by atoms with E-state index in [0.29, 0.717) is 5.92 Å². The number of fused-ring (bicyclic) bond motifs is 2. The van der Waals surface area contributed by atoms with Crippen LogP contribution in [0.1, 0.15) is 55.3 Å². The molecule has 2 heterocycles. The molecule has 5 heteroatoms. The number of ether oxygens (including phenoxy) is 1. The molecule has 1 aromatic carbocycles. The van der Waals surface area contributed by atoms with E-state index in [0.717, 1.165) is 62.0 Å². The molecule has 1 aliphatic carbocycles. The average molecular weight is 440 g/mol. The number of aromatic amines is 1. The van der Waals surface area contributed by atoms with Crippen molar-refractivity contribution < 1.29 is 4.74 Å². The predicted octanol–water partition coefficient (Wildman–Crippen LogP) is 4.73. The van der Waals surface area contributed by atoms with Gasteiger partial charge in [0.1, 0.15) is 10.7 Å². The van der Waals surface area contributed by atoms with Gasteiger partial charge in [0.05, 0.1) is 12.8 Å². The molecular weight excluding hydrogens is 402 g/mol. The summed E-state index contributed by atoms with van der Waals surface area (Å²) in [6.45, 7) is 14.2. The van der Waals surface area contributed by atoms with Crippen molar-refractivity contribution in [1.29, 1.82) is 0 Å². The number of hydrogen-bond donors (Lipinski definition) is 1. The third kappa shape index (κ3) is 3.80. The topological polar surface area (TPSA) is 31.5 Å². The van der Waals surface area contributed by atoms with E-state index in [1.54, 1.807) is 7.11 Å². The van der Waals surface area contributed by atoms with Crippen molar-refractivity contribution in [2.24, 2.45) is 5.92 Å². The van der Waals surface area contributed by atoms with Gasteiger partial charge in [0.15, 0.2) is 0 Å². The van der Waals surface area contributed by atoms with Crippen LogP contribution in [0, 0.1) is 12.8 Å². The van der Waals surface area contributed by atoms with Crippen LogP contribution < -0.4 is 4.74 Å². The van der Waals surface area contributed by atoms with E-state index in [2.05, 4.69) is 66.7 Å². The monoisotopic (exact) mass is 439 g/mol. The molecule has 2 unspecified atom stereocenters. The normalized spacial score (nSPS) is 23.2. The van der Waals surface area contributed by atoms with Crippen LogP contribution in [0.15, 0.2) is 24.3 Å². The van der Waals surface area contributed by atoms with Crippen molar-refractivity contribution in [2.45, 2.75) is 52.4 Å². The molecule has 2 atom stereocenters. The quantitative estimate of drug-likeness (QED) is 0.660. The molecule has 2 aromatic rings. The Kier molecular flexibility index (Phi) is 6.45. The molecule has 0 spiro atoms. The fraction of sp³-hybridized carbons (Fsp3) is 0.577. The van der Waals surface area contributed by atoms with Gasteiger partial charge in [0, 0.05) is 30.7 Å². The van der Waals surface area contributed by atoms with Crippen LogP contribution in [0.5, 0.6) is 5.75 Å². The van der Waals surface area contributed by atoms with Gasteiger partial charge in [-0.1, -0.05) is 31.3 Å². The summed E-state index contributed by atoms with van der Waals surface area (Å²) in [5.41, 5.74) is 7.00. The molecule has 31 heavy (non-hydrogen) atoms. The lowest BCUT2D eigenvalue weighted by Gasteiger charge is -2.51. The van der Waals surface area contributed by atoms with Crippen molar-refractivity contribution in [2.75, 3.05) is 39.8 Å². The molecule has 1 N–H and O–H groups in total. The number of likely N-dealkylation sites (tertiary alicyclic amines) is 1. The van der Waals surface area contributed by atoms with Gasteiger partial charge in [0.2, 0.25) is 0 Å². The van der Waals surface area contributed by atoms with Crippen molar-refractivity contribution in [3.8, 4) is 5.75 Å². The molecular formula is C26H37N3OS. The van der Waals surface area contributed by atoms with Crippen molar-refractivity contribution >= 4 is 17.2 Å². The van der Waals surface area contributed by atoms with E-state index >= 15 is 0 Å². The smallest absolute Gasteiger partial charge is 0.125 e. The Morgan fingerprint density at radius 3 is 2.74 bits per heavy atom. The highest BCUT2D eigenvalue weighted by molar-refractivity contribution is 7.80. The molecule has 4 rings (SSSR count). The second-order valence-electron chi connectivity index (χ2n) is 9.17. The lowest BCUT2D eigenvalue weighted by molar-refractivity contribution is 0.0849. The van der Waals surface area contributed by atoms with Crippen LogP contribution >= 0.6 is 12.2 Å². The maximum Gasteiger partial charge on any atom is 0.125 e. The second-order valence-corrected chi connectivity index (χ2v) is 9.56. The first-order valence-corrected chi connectivity index (χ1v) is 12.2. The van der Waals surface area contributed by atoms with Gasteiger partial charge in [-0.05, 0) is 87.9 Å².